The van der Waals surface area contributed by atoms with Crippen LogP contribution in [0.15, 0.2) is 23.1 Å². The van der Waals surface area contributed by atoms with Crippen molar-refractivity contribution in [1.82, 2.24) is 0 Å². The molecule has 0 aliphatic rings. The Morgan fingerprint density at radius 3 is 1.53 bits per heavy atom. The van der Waals surface area contributed by atoms with Gasteiger partial charge in [0, 0.05) is 0 Å². The predicted molar refractivity (Wildman–Crippen MR) is 133 cm³/mol. The van der Waals surface area contributed by atoms with Crippen molar-refractivity contribution >= 4 is 23.4 Å². The Kier molecular flexibility index (Phi) is 13.2. The maximum absolute atomic E-state index is 11.9. The first-order chi connectivity index (χ1) is 14.3. The molecular formula is C25H46O3SSi. The molecule has 0 aliphatic heterocycles. The van der Waals surface area contributed by atoms with Crippen LogP contribution in [0.4, 0.5) is 0 Å². The molecule has 0 unspecified atom stereocenters. The van der Waals surface area contributed by atoms with Gasteiger partial charge in [-0.3, -0.25) is 4.55 Å². The lowest BCUT2D eigenvalue weighted by Crippen LogP contribution is -2.49. The summed E-state index contributed by atoms with van der Waals surface area (Å²) >= 11 is 0. The lowest BCUT2D eigenvalue weighted by Gasteiger charge is -2.35. The standard InChI is InChI=1S/C25H46O3SSi/c1-5-8-11-14-19-30(20-15-12-9-6-2,21-16-13-10-7-3)25-22-24(29(26,27)28)18-17-23(25)4/h17-18,22H,5-16,19-21H2,1-4H3,(H,26,27,28). The van der Waals surface area contributed by atoms with Crippen molar-refractivity contribution in [2.45, 2.75) is 128 Å². The molecular weight excluding hydrogens is 408 g/mol. The molecule has 0 radical (unpaired) electrons. The zero-order valence-corrected chi connectivity index (χ0v) is 21.8. The van der Waals surface area contributed by atoms with Crippen LogP contribution in [-0.2, 0) is 10.1 Å². The minimum Gasteiger partial charge on any atom is -0.282 e. The van der Waals surface area contributed by atoms with Gasteiger partial charge in [-0.1, -0.05) is 133 Å². The van der Waals surface area contributed by atoms with Gasteiger partial charge >= 0.3 is 0 Å². The van der Waals surface area contributed by atoms with Crippen LogP contribution < -0.4 is 5.19 Å². The van der Waals surface area contributed by atoms with Crippen LogP contribution in [0.25, 0.3) is 0 Å². The molecule has 0 fully saturated rings. The molecule has 1 aromatic rings. The van der Waals surface area contributed by atoms with Crippen LogP contribution in [0.1, 0.15) is 103 Å². The lowest BCUT2D eigenvalue weighted by atomic mass is 10.2. The van der Waals surface area contributed by atoms with Gasteiger partial charge in [0.15, 0.2) is 0 Å². The lowest BCUT2D eigenvalue weighted by molar-refractivity contribution is 0.483. The van der Waals surface area contributed by atoms with Crippen LogP contribution in [0, 0.1) is 6.92 Å². The highest BCUT2D eigenvalue weighted by Crippen LogP contribution is 2.31. The second kappa shape index (κ2) is 14.4. The average molecular weight is 455 g/mol. The Balaban J connectivity index is 3.29. The summed E-state index contributed by atoms with van der Waals surface area (Å²) in [6.45, 7) is 8.88. The van der Waals surface area contributed by atoms with Gasteiger partial charge in [-0.25, -0.2) is 0 Å². The molecule has 0 saturated heterocycles. The van der Waals surface area contributed by atoms with Gasteiger partial charge in [-0.2, -0.15) is 8.42 Å². The van der Waals surface area contributed by atoms with Crippen molar-refractivity contribution in [3.8, 4) is 0 Å². The molecule has 3 nitrogen and oxygen atoms in total. The van der Waals surface area contributed by atoms with E-state index < -0.39 is 18.2 Å². The third kappa shape index (κ3) is 9.23. The van der Waals surface area contributed by atoms with Crippen molar-refractivity contribution in [2.75, 3.05) is 0 Å². The summed E-state index contributed by atoms with van der Waals surface area (Å²) in [5.41, 5.74) is 1.22. The van der Waals surface area contributed by atoms with E-state index in [1.807, 2.05) is 12.1 Å². The Hall–Kier alpha value is -0.653. The van der Waals surface area contributed by atoms with Crippen LogP contribution in [0.2, 0.25) is 18.1 Å². The van der Waals surface area contributed by atoms with E-state index in [9.17, 15) is 13.0 Å². The highest BCUT2D eigenvalue weighted by atomic mass is 32.2. The SMILES string of the molecule is CCCCCC[Si](CCCCCC)(CCCCCC)c1cc(S(=O)(=O)O)ccc1C. The first kappa shape index (κ1) is 27.4. The summed E-state index contributed by atoms with van der Waals surface area (Å²) in [6, 6.07) is 9.09. The first-order valence-corrected chi connectivity index (χ1v) is 16.5. The van der Waals surface area contributed by atoms with Gasteiger partial charge in [-0.05, 0) is 19.1 Å². The molecule has 0 aliphatic carbocycles. The van der Waals surface area contributed by atoms with Gasteiger partial charge in [0.05, 0.1) is 13.0 Å². The molecule has 174 valence electrons. The number of hydrogen-bond acceptors (Lipinski definition) is 2. The van der Waals surface area contributed by atoms with Crippen LogP contribution in [-0.4, -0.2) is 21.0 Å². The Morgan fingerprint density at radius 1 is 0.733 bits per heavy atom. The fourth-order valence-electron chi connectivity index (χ4n) is 4.78. The quantitative estimate of drug-likeness (QED) is 0.149. The summed E-state index contributed by atoms with van der Waals surface area (Å²) in [4.78, 5) is 0.0793. The van der Waals surface area contributed by atoms with E-state index in [2.05, 4.69) is 27.7 Å². The third-order valence-electron chi connectivity index (χ3n) is 6.60. The summed E-state index contributed by atoms with van der Waals surface area (Å²) in [7, 11) is -6.02. The number of rotatable bonds is 17. The fraction of sp³-hybridized carbons (Fsp3) is 0.760. The summed E-state index contributed by atoms with van der Waals surface area (Å²) in [5, 5.41) is 1.29. The Morgan fingerprint density at radius 2 is 1.17 bits per heavy atom. The molecule has 1 aromatic carbocycles. The molecule has 5 heteroatoms. The highest BCUT2D eigenvalue weighted by Gasteiger charge is 2.35. The van der Waals surface area contributed by atoms with Crippen molar-refractivity contribution in [2.24, 2.45) is 0 Å². The third-order valence-corrected chi connectivity index (χ3v) is 13.1. The minimum absolute atomic E-state index is 0.0793. The van der Waals surface area contributed by atoms with Crippen LogP contribution >= 0.6 is 0 Å². The summed E-state index contributed by atoms with van der Waals surface area (Å²) in [5.74, 6) is 0. The van der Waals surface area contributed by atoms with E-state index in [0.717, 1.165) is 0 Å². The Bertz CT molecular complexity index is 669. The van der Waals surface area contributed by atoms with Crippen molar-refractivity contribution < 1.29 is 13.0 Å². The van der Waals surface area contributed by atoms with E-state index in [-0.39, 0.29) is 4.90 Å². The number of unbranched alkanes of at least 4 members (excludes halogenated alkanes) is 9. The molecule has 0 spiro atoms. The molecule has 0 atom stereocenters. The average Bonchev–Trinajstić information content (AvgIpc) is 2.71. The second-order valence-corrected chi connectivity index (χ2v) is 15.2. The zero-order chi connectivity index (χ0) is 22.5. The summed E-state index contributed by atoms with van der Waals surface area (Å²) in [6.07, 6.45) is 15.1. The highest BCUT2D eigenvalue weighted by molar-refractivity contribution is 7.85. The van der Waals surface area contributed by atoms with E-state index in [1.165, 1.54) is 106 Å². The molecule has 0 aromatic heterocycles. The van der Waals surface area contributed by atoms with Crippen molar-refractivity contribution in [3.63, 3.8) is 0 Å². The van der Waals surface area contributed by atoms with Gasteiger partial charge in [0.2, 0.25) is 0 Å². The van der Waals surface area contributed by atoms with Crippen molar-refractivity contribution in [3.05, 3.63) is 23.8 Å². The van der Waals surface area contributed by atoms with E-state index in [1.54, 1.807) is 6.07 Å². The molecule has 0 heterocycles. The molecule has 0 bridgehead atoms. The van der Waals surface area contributed by atoms with Gasteiger partial charge in [0.25, 0.3) is 10.1 Å². The van der Waals surface area contributed by atoms with Crippen LogP contribution in [0.3, 0.4) is 0 Å². The number of benzene rings is 1. The minimum atomic E-state index is -4.17. The summed E-state index contributed by atoms with van der Waals surface area (Å²) < 4.78 is 33.5. The van der Waals surface area contributed by atoms with Gasteiger partial charge < -0.3 is 0 Å². The largest absolute Gasteiger partial charge is 0.294 e. The normalized spacial score (nSPS) is 12.4. The fourth-order valence-corrected chi connectivity index (χ4v) is 11.1. The topological polar surface area (TPSA) is 54.4 Å². The number of hydrogen-bond donors (Lipinski definition) is 1. The molecule has 0 amide bonds. The van der Waals surface area contributed by atoms with Crippen molar-refractivity contribution in [1.29, 1.82) is 0 Å². The number of aryl methyl sites for hydroxylation is 1. The Labute approximate surface area is 187 Å². The molecule has 0 saturated carbocycles. The monoisotopic (exact) mass is 454 g/mol. The molecule has 1 rings (SSSR count). The maximum Gasteiger partial charge on any atom is 0.294 e. The molecule has 30 heavy (non-hydrogen) atoms. The van der Waals surface area contributed by atoms with E-state index in [4.69, 9.17) is 0 Å². The van der Waals surface area contributed by atoms with Crippen LogP contribution in [0.5, 0.6) is 0 Å². The van der Waals surface area contributed by atoms with E-state index >= 15 is 0 Å². The van der Waals surface area contributed by atoms with E-state index in [0.29, 0.717) is 0 Å². The van der Waals surface area contributed by atoms with Gasteiger partial charge in [0.1, 0.15) is 0 Å². The van der Waals surface area contributed by atoms with Gasteiger partial charge in [-0.15, -0.1) is 0 Å². The predicted octanol–water partition coefficient (Wildman–Crippen LogP) is 7.64. The second-order valence-electron chi connectivity index (χ2n) is 9.16. The zero-order valence-electron chi connectivity index (χ0n) is 20.0. The first-order valence-electron chi connectivity index (χ1n) is 12.4. The molecule has 1 N–H and O–H groups in total. The maximum atomic E-state index is 11.9. The smallest absolute Gasteiger partial charge is 0.282 e.